The molecule has 384 valence electrons. The molecule has 0 radical (unpaired) electrons. The van der Waals surface area contributed by atoms with Crippen LogP contribution < -0.4 is 0 Å². The summed E-state index contributed by atoms with van der Waals surface area (Å²) in [6, 6.07) is 0. The molecule has 3 N–H and O–H groups in total. The quantitative estimate of drug-likeness (QED) is 0.0236. The van der Waals surface area contributed by atoms with E-state index >= 15 is 0 Å². The third-order valence-electron chi connectivity index (χ3n) is 12.1. The molecule has 0 saturated carbocycles. The average Bonchev–Trinajstić information content (AvgIpc) is 3.30. The van der Waals surface area contributed by atoms with Crippen LogP contribution in [-0.2, 0) is 27.9 Å². The monoisotopic (exact) mass is 941 g/mol. The van der Waals surface area contributed by atoms with Crippen molar-refractivity contribution < 1.29 is 43.0 Å². The largest absolute Gasteiger partial charge is 0.472 e. The highest BCUT2D eigenvalue weighted by molar-refractivity contribution is 7.47. The number of ether oxygens (including phenoxy) is 2. The molecule has 0 aliphatic carbocycles. The van der Waals surface area contributed by atoms with Crippen molar-refractivity contribution >= 4 is 13.8 Å². The van der Waals surface area contributed by atoms with Crippen LogP contribution in [0.3, 0.4) is 0 Å². The van der Waals surface area contributed by atoms with Gasteiger partial charge in [-0.3, -0.25) is 13.8 Å². The molecule has 0 heterocycles. The number of unbranched alkanes of at least 4 members (excludes halogenated alkanes) is 33. The maximum Gasteiger partial charge on any atom is 0.472 e. The molecule has 10 heteroatoms. The number of rotatable bonds is 53. The zero-order valence-electron chi connectivity index (χ0n) is 42.5. The minimum atomic E-state index is -4.53. The van der Waals surface area contributed by atoms with E-state index in [2.05, 4.69) is 50.3 Å². The number of hydrogen-bond acceptors (Lipinski definition) is 8. The highest BCUT2D eigenvalue weighted by atomic mass is 31.2. The minimum absolute atomic E-state index is 0.0473. The van der Waals surface area contributed by atoms with E-state index in [4.69, 9.17) is 23.6 Å². The fraction of sp³-hybridized carbons (Fsp3) is 0.873. The molecular formula is C55H105O9P. The Hall–Kier alpha value is -1.32. The molecule has 0 bridgehead atoms. The van der Waals surface area contributed by atoms with Gasteiger partial charge in [0.05, 0.1) is 26.4 Å². The molecule has 0 aliphatic heterocycles. The molecule has 0 aromatic rings. The molecule has 0 rings (SSSR count). The van der Waals surface area contributed by atoms with Crippen molar-refractivity contribution in [3.05, 3.63) is 36.5 Å². The summed E-state index contributed by atoms with van der Waals surface area (Å²) in [7, 11) is -4.53. The lowest BCUT2D eigenvalue weighted by molar-refractivity contribution is -0.154. The normalized spacial score (nSPS) is 14.0. The number of carbonyl (C=O) groups is 1. The van der Waals surface area contributed by atoms with Gasteiger partial charge in [-0.25, -0.2) is 4.57 Å². The van der Waals surface area contributed by atoms with Crippen molar-refractivity contribution in [2.45, 2.75) is 276 Å². The number of phosphoric acid groups is 1. The molecule has 0 fully saturated rings. The Morgan fingerprint density at radius 1 is 0.477 bits per heavy atom. The molecule has 3 unspecified atom stereocenters. The lowest BCUT2D eigenvalue weighted by Gasteiger charge is -2.20. The first-order valence-corrected chi connectivity index (χ1v) is 29.0. The Labute approximate surface area is 401 Å². The van der Waals surface area contributed by atoms with Gasteiger partial charge in [0.2, 0.25) is 0 Å². The summed E-state index contributed by atoms with van der Waals surface area (Å²) >= 11 is 0. The van der Waals surface area contributed by atoms with Crippen molar-refractivity contribution in [1.82, 2.24) is 0 Å². The van der Waals surface area contributed by atoms with Crippen molar-refractivity contribution in [2.75, 3.05) is 33.0 Å². The molecule has 0 saturated heterocycles. The predicted molar refractivity (Wildman–Crippen MR) is 274 cm³/mol. The summed E-state index contributed by atoms with van der Waals surface area (Å²) in [6.45, 7) is 3.55. The van der Waals surface area contributed by atoms with Gasteiger partial charge < -0.3 is 24.6 Å². The van der Waals surface area contributed by atoms with E-state index in [1.165, 1.54) is 186 Å². The van der Waals surface area contributed by atoms with Crippen molar-refractivity contribution in [3.8, 4) is 0 Å². The number of hydrogen-bond donors (Lipinski definition) is 3. The Morgan fingerprint density at radius 3 is 1.25 bits per heavy atom. The van der Waals surface area contributed by atoms with Gasteiger partial charge in [-0.2, -0.15) is 0 Å². The Morgan fingerprint density at radius 2 is 0.831 bits per heavy atom. The molecule has 0 aromatic carbocycles. The summed E-state index contributed by atoms with van der Waals surface area (Å²) in [6.07, 6.45) is 59.8. The van der Waals surface area contributed by atoms with Gasteiger partial charge in [0, 0.05) is 13.0 Å². The van der Waals surface area contributed by atoms with E-state index in [0.717, 1.165) is 51.4 Å². The molecule has 9 nitrogen and oxygen atoms in total. The molecule has 0 spiro atoms. The Bertz CT molecular complexity index is 1110. The van der Waals surface area contributed by atoms with E-state index in [1.807, 2.05) is 0 Å². The molecule has 0 aromatic heterocycles. The van der Waals surface area contributed by atoms with E-state index in [0.29, 0.717) is 13.0 Å². The second-order valence-corrected chi connectivity index (χ2v) is 20.1. The first-order chi connectivity index (χ1) is 31.8. The third kappa shape index (κ3) is 51.9. The number of esters is 1. The number of aliphatic hydroxyl groups is 2. The van der Waals surface area contributed by atoms with Gasteiger partial charge in [0.1, 0.15) is 12.2 Å². The zero-order chi connectivity index (χ0) is 47.4. The first-order valence-electron chi connectivity index (χ1n) is 27.5. The lowest BCUT2D eigenvalue weighted by Crippen LogP contribution is -2.29. The van der Waals surface area contributed by atoms with E-state index in [9.17, 15) is 19.4 Å². The van der Waals surface area contributed by atoms with E-state index in [-0.39, 0.29) is 25.6 Å². The Balaban J connectivity index is 4.04. The van der Waals surface area contributed by atoms with Gasteiger partial charge in [-0.15, -0.1) is 0 Å². The fourth-order valence-corrected chi connectivity index (χ4v) is 8.68. The summed E-state index contributed by atoms with van der Waals surface area (Å²) in [5.41, 5.74) is 0. The van der Waals surface area contributed by atoms with Crippen LogP contribution in [0.15, 0.2) is 36.5 Å². The maximum atomic E-state index is 12.7. The van der Waals surface area contributed by atoms with Crippen LogP contribution in [0, 0.1) is 0 Å². The van der Waals surface area contributed by atoms with Crippen LogP contribution in [-0.4, -0.2) is 66.3 Å². The number of allylic oxidation sites excluding steroid dienone is 6. The molecule has 3 atom stereocenters. The fourth-order valence-electron chi connectivity index (χ4n) is 7.90. The van der Waals surface area contributed by atoms with Crippen LogP contribution in [0.25, 0.3) is 0 Å². The summed E-state index contributed by atoms with van der Waals surface area (Å²) in [5, 5.41) is 18.4. The topological polar surface area (TPSA) is 132 Å². The molecule has 65 heavy (non-hydrogen) atoms. The highest BCUT2D eigenvalue weighted by Gasteiger charge is 2.26. The first kappa shape index (κ1) is 63.7. The number of carbonyl (C=O) groups excluding carboxylic acids is 1. The molecular weight excluding hydrogens is 836 g/mol. The van der Waals surface area contributed by atoms with Crippen LogP contribution in [0.2, 0.25) is 0 Å². The second-order valence-electron chi connectivity index (χ2n) is 18.6. The summed E-state index contributed by atoms with van der Waals surface area (Å²) < 4.78 is 33.6. The summed E-state index contributed by atoms with van der Waals surface area (Å²) in [5.74, 6) is -0.390. The maximum absolute atomic E-state index is 12.7. The Kier molecular flexibility index (Phi) is 51.0. The SMILES string of the molecule is CCCCCCC/C=C\C/C=C\C/C=C\CCCCCCCCC(=O)OC(COCCCCCCCCCCCCCCCCCCCCCCCCC)COP(=O)(O)OCC(O)CO. The van der Waals surface area contributed by atoms with Gasteiger partial charge in [-0.05, 0) is 51.4 Å². The van der Waals surface area contributed by atoms with Gasteiger partial charge in [0.15, 0.2) is 0 Å². The van der Waals surface area contributed by atoms with E-state index < -0.39 is 33.2 Å². The van der Waals surface area contributed by atoms with Crippen LogP contribution in [0.1, 0.15) is 264 Å². The predicted octanol–water partition coefficient (Wildman–Crippen LogP) is 16.3. The molecule has 0 amide bonds. The van der Waals surface area contributed by atoms with Crippen molar-refractivity contribution in [1.29, 1.82) is 0 Å². The van der Waals surface area contributed by atoms with Crippen molar-refractivity contribution in [2.24, 2.45) is 0 Å². The standard InChI is InChI=1S/C55H105O9P/c1-3-5-7-9-11-13-15-17-19-21-23-25-26-28-30-32-34-36-38-40-42-44-46-48-61-51-54(52-63-65(59,60)62-50-53(57)49-56)64-55(58)47-45-43-41-39-37-35-33-31-29-27-24-22-20-18-16-14-12-10-8-6-4-2/h16,18,22,24,29,31,53-54,56-57H,3-15,17,19-21,23,25-28,30,32-52H2,1-2H3,(H,59,60)/b18-16-,24-22-,31-29-. The lowest BCUT2D eigenvalue weighted by atomic mass is 10.0. The number of aliphatic hydroxyl groups excluding tert-OH is 2. The van der Waals surface area contributed by atoms with E-state index in [1.54, 1.807) is 0 Å². The number of phosphoric ester groups is 1. The third-order valence-corrected chi connectivity index (χ3v) is 13.0. The average molecular weight is 941 g/mol. The van der Waals surface area contributed by atoms with Gasteiger partial charge in [-0.1, -0.05) is 243 Å². The van der Waals surface area contributed by atoms with Crippen LogP contribution in [0.4, 0.5) is 0 Å². The summed E-state index contributed by atoms with van der Waals surface area (Å²) in [4.78, 5) is 22.7. The van der Waals surface area contributed by atoms with Crippen LogP contribution >= 0.6 is 7.82 Å². The second kappa shape index (κ2) is 52.1. The highest BCUT2D eigenvalue weighted by Crippen LogP contribution is 2.43. The zero-order valence-corrected chi connectivity index (χ0v) is 43.4. The van der Waals surface area contributed by atoms with Gasteiger partial charge in [0.25, 0.3) is 0 Å². The van der Waals surface area contributed by atoms with Crippen LogP contribution in [0.5, 0.6) is 0 Å². The van der Waals surface area contributed by atoms with Gasteiger partial charge >= 0.3 is 13.8 Å². The minimum Gasteiger partial charge on any atom is -0.457 e. The molecule has 0 aliphatic rings. The smallest absolute Gasteiger partial charge is 0.457 e. The van der Waals surface area contributed by atoms with Crippen molar-refractivity contribution in [3.63, 3.8) is 0 Å².